The molecule has 3 amide bonds. The quantitative estimate of drug-likeness (QED) is 0.886. The van der Waals surface area contributed by atoms with Crippen LogP contribution in [-0.2, 0) is 4.79 Å². The summed E-state index contributed by atoms with van der Waals surface area (Å²) in [6.45, 7) is 5.29. The van der Waals surface area contributed by atoms with Crippen molar-refractivity contribution in [3.05, 3.63) is 29.8 Å². The number of nitrogens with zero attached hydrogens (tertiary/aromatic N) is 2. The number of para-hydroxylation sites is 1. The minimum Gasteiger partial charge on any atom is -0.487 e. The summed E-state index contributed by atoms with van der Waals surface area (Å²) in [6, 6.07) is 8.19. The highest BCUT2D eigenvalue weighted by Crippen LogP contribution is 2.46. The van der Waals surface area contributed by atoms with Crippen LogP contribution >= 0.6 is 0 Å². The van der Waals surface area contributed by atoms with Gasteiger partial charge in [0.2, 0.25) is 5.91 Å². The van der Waals surface area contributed by atoms with Crippen molar-refractivity contribution in [2.75, 3.05) is 27.2 Å². The van der Waals surface area contributed by atoms with Crippen LogP contribution in [0.25, 0.3) is 0 Å². The van der Waals surface area contributed by atoms with E-state index in [-0.39, 0.29) is 29.5 Å². The minimum absolute atomic E-state index is 0.00426. The van der Waals surface area contributed by atoms with Gasteiger partial charge in [-0.3, -0.25) is 4.79 Å². The summed E-state index contributed by atoms with van der Waals surface area (Å²) in [5, 5.41) is 2.96. The van der Waals surface area contributed by atoms with Crippen LogP contribution in [0, 0.1) is 0 Å². The standard InChI is InChI=1S/C21H31N3O3/c1-15(2)22-20(26)24-11-9-21(10-12-24)14-16(13-19(25)23(3)4)17-7-5-6-8-18(17)27-21/h5-8,15-16H,9-14H2,1-4H3,(H,22,26)/t16-/m0/s1. The number of carbonyl (C=O) groups excluding carboxylic acids is 2. The van der Waals surface area contributed by atoms with Gasteiger partial charge in [0, 0.05) is 58.4 Å². The van der Waals surface area contributed by atoms with Gasteiger partial charge in [-0.2, -0.15) is 0 Å². The number of likely N-dealkylation sites (tertiary alicyclic amines) is 1. The number of nitrogens with one attached hydrogen (secondary N) is 1. The lowest BCUT2D eigenvalue weighted by Crippen LogP contribution is -2.54. The molecule has 0 aliphatic carbocycles. The summed E-state index contributed by atoms with van der Waals surface area (Å²) in [7, 11) is 3.60. The predicted octanol–water partition coefficient (Wildman–Crippen LogP) is 2.98. The van der Waals surface area contributed by atoms with Crippen LogP contribution in [0.5, 0.6) is 5.75 Å². The first-order chi connectivity index (χ1) is 12.8. The third-order valence-electron chi connectivity index (χ3n) is 5.60. The molecule has 0 unspecified atom stereocenters. The van der Waals surface area contributed by atoms with Gasteiger partial charge in [-0.15, -0.1) is 0 Å². The van der Waals surface area contributed by atoms with Gasteiger partial charge < -0.3 is 19.9 Å². The molecule has 2 aliphatic rings. The molecule has 6 nitrogen and oxygen atoms in total. The van der Waals surface area contributed by atoms with E-state index >= 15 is 0 Å². The molecule has 0 radical (unpaired) electrons. The van der Waals surface area contributed by atoms with Crippen LogP contribution < -0.4 is 10.1 Å². The van der Waals surface area contributed by atoms with E-state index in [0.717, 1.165) is 30.6 Å². The zero-order valence-corrected chi connectivity index (χ0v) is 16.8. The second-order valence-corrected chi connectivity index (χ2v) is 8.31. The average molecular weight is 373 g/mol. The molecule has 27 heavy (non-hydrogen) atoms. The molecular weight excluding hydrogens is 342 g/mol. The van der Waals surface area contributed by atoms with Gasteiger partial charge in [0.1, 0.15) is 11.4 Å². The molecule has 1 atom stereocenters. The summed E-state index contributed by atoms with van der Waals surface area (Å²) in [5.41, 5.74) is 0.832. The van der Waals surface area contributed by atoms with E-state index < -0.39 is 0 Å². The maximum absolute atomic E-state index is 12.4. The molecule has 1 aromatic carbocycles. The van der Waals surface area contributed by atoms with Gasteiger partial charge in [0.05, 0.1) is 0 Å². The predicted molar refractivity (Wildman–Crippen MR) is 105 cm³/mol. The fourth-order valence-corrected chi connectivity index (χ4v) is 4.08. The molecule has 1 saturated heterocycles. The molecule has 3 rings (SSSR count). The number of fused-ring (bicyclic) bond motifs is 1. The number of urea groups is 1. The Bertz CT molecular complexity index is 694. The molecule has 148 valence electrons. The van der Waals surface area contributed by atoms with E-state index in [1.54, 1.807) is 19.0 Å². The molecular formula is C21H31N3O3. The molecule has 2 heterocycles. The van der Waals surface area contributed by atoms with Crippen molar-refractivity contribution in [1.29, 1.82) is 0 Å². The summed E-state index contributed by atoms with van der Waals surface area (Å²) >= 11 is 0. The largest absolute Gasteiger partial charge is 0.487 e. The maximum atomic E-state index is 12.4. The first kappa shape index (κ1) is 19.5. The third kappa shape index (κ3) is 4.37. The van der Waals surface area contributed by atoms with Gasteiger partial charge in [0.15, 0.2) is 0 Å². The number of carbonyl (C=O) groups is 2. The van der Waals surface area contributed by atoms with Gasteiger partial charge in [-0.1, -0.05) is 18.2 Å². The SMILES string of the molecule is CC(C)NC(=O)N1CCC2(CC1)C[C@H](CC(=O)N(C)C)c1ccccc1O2. The van der Waals surface area contributed by atoms with E-state index in [0.29, 0.717) is 19.5 Å². The summed E-state index contributed by atoms with van der Waals surface area (Å²) < 4.78 is 6.46. The number of benzene rings is 1. The highest BCUT2D eigenvalue weighted by atomic mass is 16.5. The van der Waals surface area contributed by atoms with E-state index in [1.807, 2.05) is 36.9 Å². The highest BCUT2D eigenvalue weighted by molar-refractivity contribution is 5.77. The number of piperidine rings is 1. The first-order valence-electron chi connectivity index (χ1n) is 9.83. The van der Waals surface area contributed by atoms with E-state index in [2.05, 4.69) is 11.4 Å². The van der Waals surface area contributed by atoms with E-state index in [4.69, 9.17) is 4.74 Å². The van der Waals surface area contributed by atoms with Crippen molar-refractivity contribution in [3.8, 4) is 5.75 Å². The van der Waals surface area contributed by atoms with E-state index in [1.165, 1.54) is 0 Å². The maximum Gasteiger partial charge on any atom is 0.317 e. The van der Waals surface area contributed by atoms with Gasteiger partial charge >= 0.3 is 6.03 Å². The first-order valence-corrected chi connectivity index (χ1v) is 9.83. The number of hydrogen-bond donors (Lipinski definition) is 1. The molecule has 0 aromatic heterocycles. The Balaban J connectivity index is 1.74. The van der Waals surface area contributed by atoms with Gasteiger partial charge in [-0.25, -0.2) is 4.79 Å². The van der Waals surface area contributed by atoms with Crippen molar-refractivity contribution in [1.82, 2.24) is 15.1 Å². The molecule has 0 saturated carbocycles. The Morgan fingerprint density at radius 3 is 2.56 bits per heavy atom. The second-order valence-electron chi connectivity index (χ2n) is 8.31. The Labute approximate surface area is 161 Å². The van der Waals surface area contributed by atoms with Crippen LogP contribution in [0.1, 0.15) is 51.0 Å². The monoisotopic (exact) mass is 373 g/mol. The zero-order chi connectivity index (χ0) is 19.6. The minimum atomic E-state index is -0.291. The molecule has 6 heteroatoms. The van der Waals surface area contributed by atoms with Gasteiger partial charge in [-0.05, 0) is 31.9 Å². The van der Waals surface area contributed by atoms with Crippen molar-refractivity contribution in [2.45, 2.75) is 57.1 Å². The topological polar surface area (TPSA) is 61.9 Å². The Morgan fingerprint density at radius 2 is 1.93 bits per heavy atom. The number of amides is 3. The fraction of sp³-hybridized carbons (Fsp3) is 0.619. The van der Waals surface area contributed by atoms with Crippen LogP contribution in [0.3, 0.4) is 0 Å². The van der Waals surface area contributed by atoms with Crippen LogP contribution in [0.15, 0.2) is 24.3 Å². The van der Waals surface area contributed by atoms with Crippen molar-refractivity contribution in [2.24, 2.45) is 0 Å². The molecule has 1 spiro atoms. The lowest BCUT2D eigenvalue weighted by atomic mass is 9.76. The number of rotatable bonds is 3. The molecule has 0 bridgehead atoms. The Morgan fingerprint density at radius 1 is 1.26 bits per heavy atom. The smallest absolute Gasteiger partial charge is 0.317 e. The molecule has 1 fully saturated rings. The fourth-order valence-electron chi connectivity index (χ4n) is 4.08. The zero-order valence-electron chi connectivity index (χ0n) is 16.8. The van der Waals surface area contributed by atoms with Crippen LogP contribution in [-0.4, -0.2) is 60.6 Å². The van der Waals surface area contributed by atoms with Crippen molar-refractivity contribution < 1.29 is 14.3 Å². The Hall–Kier alpha value is -2.24. The van der Waals surface area contributed by atoms with Crippen molar-refractivity contribution >= 4 is 11.9 Å². The Kier molecular flexibility index (Phi) is 5.63. The highest BCUT2D eigenvalue weighted by Gasteiger charge is 2.44. The second kappa shape index (κ2) is 7.79. The van der Waals surface area contributed by atoms with Gasteiger partial charge in [0.25, 0.3) is 0 Å². The summed E-state index contributed by atoms with van der Waals surface area (Å²) in [4.78, 5) is 28.2. The average Bonchev–Trinajstić information content (AvgIpc) is 2.61. The lowest BCUT2D eigenvalue weighted by molar-refractivity contribution is -0.129. The van der Waals surface area contributed by atoms with Crippen LogP contribution in [0.4, 0.5) is 4.79 Å². The van der Waals surface area contributed by atoms with Crippen molar-refractivity contribution in [3.63, 3.8) is 0 Å². The normalized spacial score (nSPS) is 20.8. The molecule has 1 aromatic rings. The molecule has 2 aliphatic heterocycles. The van der Waals surface area contributed by atoms with Crippen LogP contribution in [0.2, 0.25) is 0 Å². The third-order valence-corrected chi connectivity index (χ3v) is 5.60. The summed E-state index contributed by atoms with van der Waals surface area (Å²) in [6.07, 6.45) is 2.90. The number of hydrogen-bond acceptors (Lipinski definition) is 3. The summed E-state index contributed by atoms with van der Waals surface area (Å²) in [5.74, 6) is 1.18. The number of ether oxygens (including phenoxy) is 1. The molecule has 1 N–H and O–H groups in total. The lowest BCUT2D eigenvalue weighted by Gasteiger charge is -2.47. The van der Waals surface area contributed by atoms with E-state index in [9.17, 15) is 9.59 Å².